The van der Waals surface area contributed by atoms with Gasteiger partial charge in [0, 0.05) is 37.5 Å². The lowest BCUT2D eigenvalue weighted by Crippen LogP contribution is -2.44. The largest absolute Gasteiger partial charge is 0.466 e. The Bertz CT molecular complexity index is 901. The third-order valence-corrected chi connectivity index (χ3v) is 6.16. The molecule has 0 aliphatic carbocycles. The van der Waals surface area contributed by atoms with E-state index in [2.05, 4.69) is 16.8 Å². The molecule has 0 radical (unpaired) electrons. The summed E-state index contributed by atoms with van der Waals surface area (Å²) in [6.07, 6.45) is 4.70. The molecule has 1 amide bonds. The van der Waals surface area contributed by atoms with Crippen molar-refractivity contribution in [1.82, 2.24) is 14.8 Å². The highest BCUT2D eigenvalue weighted by Gasteiger charge is 2.27. The number of nitrogens with zero attached hydrogens (tertiary/aromatic N) is 3. The van der Waals surface area contributed by atoms with E-state index in [0.29, 0.717) is 48.8 Å². The van der Waals surface area contributed by atoms with E-state index in [1.165, 1.54) is 0 Å². The van der Waals surface area contributed by atoms with Crippen LogP contribution in [-0.4, -0.2) is 65.5 Å². The molecule has 0 saturated carbocycles. The summed E-state index contributed by atoms with van der Waals surface area (Å²) in [4.78, 5) is 33.4. The molecule has 3 rings (SSSR count). The summed E-state index contributed by atoms with van der Waals surface area (Å²) >= 11 is 6.23. The Kier molecular flexibility index (Phi) is 9.11. The Labute approximate surface area is 194 Å². The van der Waals surface area contributed by atoms with Crippen LogP contribution in [0.5, 0.6) is 0 Å². The number of carbonyl (C=O) groups is 2. The van der Waals surface area contributed by atoms with E-state index in [1.807, 2.05) is 18.2 Å². The minimum absolute atomic E-state index is 0.00487. The minimum Gasteiger partial charge on any atom is -0.466 e. The Morgan fingerprint density at radius 2 is 2.09 bits per heavy atom. The monoisotopic (exact) mass is 461 g/mol. The van der Waals surface area contributed by atoms with Crippen molar-refractivity contribution in [3.63, 3.8) is 0 Å². The van der Waals surface area contributed by atoms with Crippen LogP contribution in [0, 0.1) is 0 Å². The second-order valence-corrected chi connectivity index (χ2v) is 8.32. The van der Waals surface area contributed by atoms with E-state index in [9.17, 15) is 9.59 Å². The molecule has 1 atom stereocenters. The molecule has 1 aliphatic heterocycles. The number of benzene rings is 1. The smallest absolute Gasteiger partial charge is 0.307 e. The topological polar surface area (TPSA) is 75.9 Å². The second-order valence-electron chi connectivity index (χ2n) is 7.92. The van der Waals surface area contributed by atoms with E-state index >= 15 is 0 Å². The number of ether oxygens (including phenoxy) is 1. The van der Waals surface area contributed by atoms with Crippen LogP contribution in [0.1, 0.15) is 45.4 Å². The number of hydrogen-bond acceptors (Lipinski definition) is 6. The molecule has 1 aliphatic rings. The average Bonchev–Trinajstić information content (AvgIpc) is 3.44. The third kappa shape index (κ3) is 6.56. The molecule has 32 heavy (non-hydrogen) atoms. The van der Waals surface area contributed by atoms with Gasteiger partial charge in [-0.15, -0.1) is 0 Å². The Balaban J connectivity index is 1.61. The number of rotatable bonds is 11. The van der Waals surface area contributed by atoms with Gasteiger partial charge in [0.25, 0.3) is 0 Å². The normalized spacial score (nSPS) is 16.3. The Morgan fingerprint density at radius 1 is 1.28 bits per heavy atom. The zero-order chi connectivity index (χ0) is 22.9. The maximum absolute atomic E-state index is 13.1. The van der Waals surface area contributed by atoms with Crippen LogP contribution in [0.4, 0.5) is 0 Å². The number of likely N-dealkylation sites (tertiary alicyclic amines) is 1. The van der Waals surface area contributed by atoms with Gasteiger partial charge in [-0.1, -0.05) is 30.7 Å². The molecule has 2 heterocycles. The van der Waals surface area contributed by atoms with Gasteiger partial charge in [0.05, 0.1) is 24.2 Å². The zero-order valence-corrected chi connectivity index (χ0v) is 19.6. The highest BCUT2D eigenvalue weighted by atomic mass is 35.5. The van der Waals surface area contributed by atoms with Crippen LogP contribution in [0.25, 0.3) is 11.3 Å². The quantitative estimate of drug-likeness (QED) is 0.467. The van der Waals surface area contributed by atoms with Gasteiger partial charge in [-0.3, -0.25) is 14.5 Å². The highest BCUT2D eigenvalue weighted by molar-refractivity contribution is 6.33. The molecule has 7 nitrogen and oxygen atoms in total. The van der Waals surface area contributed by atoms with Gasteiger partial charge in [0.2, 0.25) is 5.91 Å². The molecule has 8 heteroatoms. The Hall–Kier alpha value is -2.38. The second kappa shape index (κ2) is 12.0. The standard InChI is InChI=1S/C24H32ClN3O4/c1-3-27-14-7-8-18(27)17-28(15-13-24(30)31-4-2)23(29)12-11-22-26-16-21(32-22)19-9-5-6-10-20(19)25/h5-6,9-10,16,18H,3-4,7-8,11-15,17H2,1-2H3. The SMILES string of the molecule is CCOC(=O)CCN(CC1CCCN1CC)C(=O)CCc1ncc(-c2ccccc2Cl)o1. The number of esters is 1. The van der Waals surface area contributed by atoms with Crippen molar-refractivity contribution in [1.29, 1.82) is 0 Å². The van der Waals surface area contributed by atoms with E-state index in [-0.39, 0.29) is 24.7 Å². The minimum atomic E-state index is -0.277. The summed E-state index contributed by atoms with van der Waals surface area (Å²) in [5.41, 5.74) is 0.774. The molecule has 0 N–H and O–H groups in total. The summed E-state index contributed by atoms with van der Waals surface area (Å²) < 4.78 is 10.9. The molecule has 1 aromatic heterocycles. The number of oxazole rings is 1. The van der Waals surface area contributed by atoms with Gasteiger partial charge >= 0.3 is 5.97 Å². The van der Waals surface area contributed by atoms with Crippen LogP contribution < -0.4 is 0 Å². The fourth-order valence-electron chi connectivity index (χ4n) is 4.13. The number of amides is 1. The first-order chi connectivity index (χ1) is 15.5. The molecule has 1 aromatic carbocycles. The van der Waals surface area contributed by atoms with Crippen molar-refractivity contribution in [2.24, 2.45) is 0 Å². The highest BCUT2D eigenvalue weighted by Crippen LogP contribution is 2.28. The fourth-order valence-corrected chi connectivity index (χ4v) is 4.36. The van der Waals surface area contributed by atoms with Gasteiger partial charge in [-0.25, -0.2) is 4.98 Å². The predicted octanol–water partition coefficient (Wildman–Crippen LogP) is 4.19. The summed E-state index contributed by atoms with van der Waals surface area (Å²) in [5, 5.41) is 0.591. The van der Waals surface area contributed by atoms with Crippen molar-refractivity contribution in [2.75, 3.05) is 32.8 Å². The van der Waals surface area contributed by atoms with Crippen LogP contribution in [0.3, 0.4) is 0 Å². The van der Waals surface area contributed by atoms with Crippen molar-refractivity contribution in [3.8, 4) is 11.3 Å². The maximum Gasteiger partial charge on any atom is 0.307 e. The summed E-state index contributed by atoms with van der Waals surface area (Å²) in [7, 11) is 0. The number of halogens is 1. The van der Waals surface area contributed by atoms with Crippen LogP contribution in [0.15, 0.2) is 34.9 Å². The van der Waals surface area contributed by atoms with E-state index < -0.39 is 0 Å². The predicted molar refractivity (Wildman–Crippen MR) is 123 cm³/mol. The number of aromatic nitrogens is 1. The van der Waals surface area contributed by atoms with Crippen molar-refractivity contribution < 1.29 is 18.7 Å². The molecule has 1 unspecified atom stereocenters. The third-order valence-electron chi connectivity index (χ3n) is 5.83. The average molecular weight is 462 g/mol. The first kappa shape index (κ1) is 24.3. The van der Waals surface area contributed by atoms with Crippen molar-refractivity contribution >= 4 is 23.5 Å². The molecule has 0 bridgehead atoms. The molecular weight excluding hydrogens is 430 g/mol. The Morgan fingerprint density at radius 3 is 2.84 bits per heavy atom. The number of carbonyl (C=O) groups excluding carboxylic acids is 2. The summed E-state index contributed by atoms with van der Waals surface area (Å²) in [6, 6.07) is 7.75. The van der Waals surface area contributed by atoms with Crippen LogP contribution in [0.2, 0.25) is 5.02 Å². The first-order valence-corrected chi connectivity index (χ1v) is 11.8. The molecular formula is C24H32ClN3O4. The molecule has 1 fully saturated rings. The number of aryl methyl sites for hydroxylation is 1. The van der Waals surface area contributed by atoms with E-state index in [1.54, 1.807) is 24.1 Å². The van der Waals surface area contributed by atoms with Gasteiger partial charge in [-0.05, 0) is 45.0 Å². The van der Waals surface area contributed by atoms with Crippen LogP contribution >= 0.6 is 11.6 Å². The maximum atomic E-state index is 13.1. The molecule has 174 valence electrons. The van der Waals surface area contributed by atoms with Crippen molar-refractivity contribution in [2.45, 2.75) is 52.0 Å². The number of hydrogen-bond donors (Lipinski definition) is 0. The lowest BCUT2D eigenvalue weighted by atomic mass is 10.1. The number of likely N-dealkylation sites (N-methyl/N-ethyl adjacent to an activating group) is 1. The van der Waals surface area contributed by atoms with E-state index in [4.69, 9.17) is 20.8 Å². The summed E-state index contributed by atoms with van der Waals surface area (Å²) in [6.45, 7) is 7.28. The zero-order valence-electron chi connectivity index (χ0n) is 18.9. The van der Waals surface area contributed by atoms with Crippen LogP contribution in [-0.2, 0) is 20.7 Å². The summed E-state index contributed by atoms with van der Waals surface area (Å²) in [5.74, 6) is 0.798. The fraction of sp³-hybridized carbons (Fsp3) is 0.542. The van der Waals surface area contributed by atoms with Gasteiger partial charge in [0.15, 0.2) is 11.7 Å². The van der Waals surface area contributed by atoms with Gasteiger partial charge < -0.3 is 14.1 Å². The van der Waals surface area contributed by atoms with E-state index in [0.717, 1.165) is 31.5 Å². The van der Waals surface area contributed by atoms with Gasteiger partial charge in [-0.2, -0.15) is 0 Å². The van der Waals surface area contributed by atoms with Gasteiger partial charge in [0.1, 0.15) is 0 Å². The molecule has 2 aromatic rings. The van der Waals surface area contributed by atoms with Crippen molar-refractivity contribution in [3.05, 3.63) is 41.4 Å². The molecule has 1 saturated heterocycles. The lowest BCUT2D eigenvalue weighted by molar-refractivity contribution is -0.144. The molecule has 0 spiro atoms. The lowest BCUT2D eigenvalue weighted by Gasteiger charge is -2.30. The first-order valence-electron chi connectivity index (χ1n) is 11.4.